The van der Waals surface area contributed by atoms with Crippen LogP contribution >= 0.6 is 0 Å². The van der Waals surface area contributed by atoms with E-state index in [1.807, 2.05) is 19.1 Å². The number of hydrogen-bond acceptors (Lipinski definition) is 4. The van der Waals surface area contributed by atoms with Crippen molar-refractivity contribution in [1.82, 2.24) is 4.31 Å². The Balaban J connectivity index is 1.92. The topological polar surface area (TPSA) is 71.5 Å². The van der Waals surface area contributed by atoms with E-state index in [0.29, 0.717) is 5.56 Å². The largest absolute Gasteiger partial charge is 0.243 e. The molecule has 1 unspecified atom stereocenters. The molecule has 1 heterocycles. The Bertz CT molecular complexity index is 999. The van der Waals surface area contributed by atoms with Crippen LogP contribution in [0.15, 0.2) is 53.4 Å². The number of rotatable bonds is 3. The molecule has 1 atom stereocenters. The lowest BCUT2D eigenvalue weighted by Gasteiger charge is -2.21. The number of hydrogen-bond donors (Lipinski definition) is 0. The van der Waals surface area contributed by atoms with Crippen LogP contribution in [0.2, 0.25) is 0 Å². The van der Waals surface area contributed by atoms with Gasteiger partial charge in [-0.2, -0.15) is 4.31 Å². The summed E-state index contributed by atoms with van der Waals surface area (Å²) < 4.78 is 52.8. The average molecular weight is 394 g/mol. The summed E-state index contributed by atoms with van der Waals surface area (Å²) in [5.74, 6) is -0.170. The van der Waals surface area contributed by atoms with Crippen molar-refractivity contribution in [2.75, 3.05) is 18.8 Å². The summed E-state index contributed by atoms with van der Waals surface area (Å²) >= 11 is 0. The minimum atomic E-state index is -3.72. The highest BCUT2D eigenvalue weighted by Crippen LogP contribution is 2.31. The maximum absolute atomic E-state index is 13.1. The lowest BCUT2D eigenvalue weighted by Crippen LogP contribution is -2.34. The van der Waals surface area contributed by atoms with Gasteiger partial charge in [0.25, 0.3) is 0 Å². The van der Waals surface area contributed by atoms with Crippen molar-refractivity contribution in [3.05, 3.63) is 65.2 Å². The Morgan fingerprint density at radius 2 is 1.69 bits per heavy atom. The molecule has 0 bridgehead atoms. The summed E-state index contributed by atoms with van der Waals surface area (Å²) in [5, 5.41) is -0.664. The second-order valence-corrected chi connectivity index (χ2v) is 10.9. The first-order chi connectivity index (χ1) is 12.2. The molecule has 0 aliphatic carbocycles. The van der Waals surface area contributed by atoms with Gasteiger partial charge in [0, 0.05) is 13.1 Å². The zero-order valence-corrected chi connectivity index (χ0v) is 16.6. The molecule has 7 heteroatoms. The third kappa shape index (κ3) is 3.70. The van der Waals surface area contributed by atoms with E-state index in [1.165, 1.54) is 4.31 Å². The molecule has 0 amide bonds. The molecule has 1 saturated heterocycles. The number of aryl methyl sites for hydroxylation is 2. The van der Waals surface area contributed by atoms with Crippen molar-refractivity contribution >= 4 is 19.9 Å². The van der Waals surface area contributed by atoms with E-state index in [2.05, 4.69) is 0 Å². The van der Waals surface area contributed by atoms with Crippen molar-refractivity contribution in [1.29, 1.82) is 0 Å². The Morgan fingerprint density at radius 1 is 1.00 bits per heavy atom. The molecule has 0 N–H and O–H groups in total. The van der Waals surface area contributed by atoms with Gasteiger partial charge in [-0.05, 0) is 37.5 Å². The van der Waals surface area contributed by atoms with E-state index >= 15 is 0 Å². The first kappa shape index (κ1) is 19.1. The SMILES string of the molecule is Cc1ccc(S(=O)(=O)N2CCC(c3ccccc3)S(=O)(=O)CC2)c(C)c1. The van der Waals surface area contributed by atoms with Gasteiger partial charge in [-0.3, -0.25) is 0 Å². The van der Waals surface area contributed by atoms with E-state index in [0.717, 1.165) is 11.1 Å². The predicted octanol–water partition coefficient (Wildman–Crippen LogP) is 2.85. The molecule has 0 saturated carbocycles. The van der Waals surface area contributed by atoms with Gasteiger partial charge in [-0.15, -0.1) is 0 Å². The van der Waals surface area contributed by atoms with Crippen LogP contribution in [0.5, 0.6) is 0 Å². The van der Waals surface area contributed by atoms with E-state index in [-0.39, 0.29) is 30.2 Å². The summed E-state index contributed by atoms with van der Waals surface area (Å²) in [6.45, 7) is 3.85. The maximum atomic E-state index is 13.1. The van der Waals surface area contributed by atoms with Crippen molar-refractivity contribution in [3.63, 3.8) is 0 Å². The van der Waals surface area contributed by atoms with Crippen LogP contribution in [0.25, 0.3) is 0 Å². The molecule has 5 nitrogen and oxygen atoms in total. The highest BCUT2D eigenvalue weighted by molar-refractivity contribution is 7.92. The quantitative estimate of drug-likeness (QED) is 0.804. The third-order valence-corrected chi connectivity index (χ3v) is 9.00. The number of nitrogens with zero attached hydrogens (tertiary/aromatic N) is 1. The fraction of sp³-hybridized carbons (Fsp3) is 0.368. The molecule has 0 aromatic heterocycles. The molecular weight excluding hydrogens is 370 g/mol. The molecule has 140 valence electrons. The number of sulfone groups is 1. The molecule has 1 aliphatic heterocycles. The van der Waals surface area contributed by atoms with Gasteiger partial charge in [0.2, 0.25) is 10.0 Å². The van der Waals surface area contributed by atoms with Crippen LogP contribution in [0, 0.1) is 13.8 Å². The summed E-state index contributed by atoms with van der Waals surface area (Å²) in [5.41, 5.74) is 2.39. The summed E-state index contributed by atoms with van der Waals surface area (Å²) in [7, 11) is -7.13. The Hall–Kier alpha value is -1.70. The molecule has 1 aliphatic rings. The first-order valence-corrected chi connectivity index (χ1v) is 11.7. The van der Waals surface area contributed by atoms with E-state index in [9.17, 15) is 16.8 Å². The number of benzene rings is 2. The van der Waals surface area contributed by atoms with Gasteiger partial charge < -0.3 is 0 Å². The normalized spacial score (nSPS) is 21.2. The molecule has 3 rings (SSSR count). The summed E-state index contributed by atoms with van der Waals surface area (Å²) in [4.78, 5) is 0.249. The van der Waals surface area contributed by atoms with Crippen LogP contribution in [0.4, 0.5) is 0 Å². The Morgan fingerprint density at radius 3 is 2.35 bits per heavy atom. The fourth-order valence-corrected chi connectivity index (χ4v) is 7.01. The lowest BCUT2D eigenvalue weighted by atomic mass is 10.1. The van der Waals surface area contributed by atoms with E-state index in [1.54, 1.807) is 43.3 Å². The van der Waals surface area contributed by atoms with Crippen molar-refractivity contribution in [3.8, 4) is 0 Å². The zero-order valence-electron chi connectivity index (χ0n) is 14.9. The lowest BCUT2D eigenvalue weighted by molar-refractivity contribution is 0.427. The van der Waals surface area contributed by atoms with Gasteiger partial charge in [0.05, 0.1) is 15.9 Å². The molecule has 26 heavy (non-hydrogen) atoms. The predicted molar refractivity (Wildman–Crippen MR) is 102 cm³/mol. The van der Waals surface area contributed by atoms with Gasteiger partial charge >= 0.3 is 0 Å². The first-order valence-electron chi connectivity index (χ1n) is 8.56. The van der Waals surface area contributed by atoms with Crippen molar-refractivity contribution < 1.29 is 16.8 Å². The summed E-state index contributed by atoms with van der Waals surface area (Å²) in [6, 6.07) is 14.2. The molecular formula is C19H23NO4S2. The highest BCUT2D eigenvalue weighted by Gasteiger charge is 2.35. The summed E-state index contributed by atoms with van der Waals surface area (Å²) in [6.07, 6.45) is 0.260. The van der Waals surface area contributed by atoms with Gasteiger partial charge in [-0.1, -0.05) is 48.0 Å². The van der Waals surface area contributed by atoms with Crippen LogP contribution < -0.4 is 0 Å². The molecule has 0 radical (unpaired) electrons. The third-order valence-electron chi connectivity index (χ3n) is 4.82. The minimum Gasteiger partial charge on any atom is -0.228 e. The monoisotopic (exact) mass is 393 g/mol. The second kappa shape index (κ2) is 7.13. The minimum absolute atomic E-state index is 0.0126. The molecule has 2 aromatic carbocycles. The fourth-order valence-electron chi connectivity index (χ4n) is 3.43. The zero-order chi connectivity index (χ0) is 18.9. The highest BCUT2D eigenvalue weighted by atomic mass is 32.2. The average Bonchev–Trinajstić information content (AvgIpc) is 2.73. The van der Waals surface area contributed by atoms with Gasteiger partial charge in [0.15, 0.2) is 9.84 Å². The van der Waals surface area contributed by atoms with Gasteiger partial charge in [-0.25, -0.2) is 16.8 Å². The maximum Gasteiger partial charge on any atom is 0.243 e. The molecule has 1 fully saturated rings. The standard InChI is InChI=1S/C19H23NO4S2/c1-15-8-9-18(16(2)14-15)26(23,24)20-11-10-19(25(21,22)13-12-20)17-6-4-3-5-7-17/h3-9,14,19H,10-13H2,1-2H3. The molecule has 0 spiro atoms. The Labute approximate surface area is 155 Å². The van der Waals surface area contributed by atoms with Crippen LogP contribution in [0.1, 0.15) is 28.4 Å². The van der Waals surface area contributed by atoms with Crippen molar-refractivity contribution in [2.45, 2.75) is 30.4 Å². The Kier molecular flexibility index (Phi) is 5.23. The second-order valence-electron chi connectivity index (χ2n) is 6.73. The number of sulfonamides is 1. The van der Waals surface area contributed by atoms with Crippen molar-refractivity contribution in [2.24, 2.45) is 0 Å². The van der Waals surface area contributed by atoms with Crippen LogP contribution in [0.3, 0.4) is 0 Å². The van der Waals surface area contributed by atoms with E-state index in [4.69, 9.17) is 0 Å². The van der Waals surface area contributed by atoms with Crippen LogP contribution in [-0.4, -0.2) is 40.0 Å². The van der Waals surface area contributed by atoms with E-state index < -0.39 is 25.1 Å². The van der Waals surface area contributed by atoms with Gasteiger partial charge in [0.1, 0.15) is 0 Å². The molecule has 2 aromatic rings. The smallest absolute Gasteiger partial charge is 0.228 e. The van der Waals surface area contributed by atoms with Crippen LogP contribution in [-0.2, 0) is 19.9 Å².